The second kappa shape index (κ2) is 7.31. The highest BCUT2D eigenvalue weighted by molar-refractivity contribution is 5.32. The van der Waals surface area contributed by atoms with Crippen molar-refractivity contribution in [2.45, 2.75) is 45.4 Å². The lowest BCUT2D eigenvalue weighted by molar-refractivity contribution is 0.414. The SMILES string of the molecule is CC[C@@H](C)c1cccc(CC(C)c2ccc(OC)cc2)c1. The van der Waals surface area contributed by atoms with Crippen molar-refractivity contribution in [2.75, 3.05) is 7.11 Å². The second-order valence-corrected chi connectivity index (χ2v) is 5.93. The van der Waals surface area contributed by atoms with E-state index in [4.69, 9.17) is 4.74 Å². The van der Waals surface area contributed by atoms with Gasteiger partial charge in [-0.2, -0.15) is 0 Å². The third-order valence-electron chi connectivity index (χ3n) is 4.36. The summed E-state index contributed by atoms with van der Waals surface area (Å²) in [5.74, 6) is 2.08. The zero-order valence-electron chi connectivity index (χ0n) is 13.6. The van der Waals surface area contributed by atoms with Crippen LogP contribution >= 0.6 is 0 Å². The van der Waals surface area contributed by atoms with E-state index in [2.05, 4.69) is 57.2 Å². The van der Waals surface area contributed by atoms with Crippen molar-refractivity contribution in [1.29, 1.82) is 0 Å². The molecule has 1 heteroatoms. The van der Waals surface area contributed by atoms with Gasteiger partial charge in [0.15, 0.2) is 0 Å². The van der Waals surface area contributed by atoms with E-state index in [-0.39, 0.29) is 0 Å². The van der Waals surface area contributed by atoms with Crippen LogP contribution in [-0.2, 0) is 6.42 Å². The number of hydrogen-bond acceptors (Lipinski definition) is 1. The Kier molecular flexibility index (Phi) is 5.44. The van der Waals surface area contributed by atoms with Gasteiger partial charge in [0.1, 0.15) is 5.75 Å². The number of ether oxygens (including phenoxy) is 1. The van der Waals surface area contributed by atoms with Gasteiger partial charge in [0, 0.05) is 0 Å². The zero-order chi connectivity index (χ0) is 15.2. The van der Waals surface area contributed by atoms with Crippen LogP contribution in [0.1, 0.15) is 55.7 Å². The van der Waals surface area contributed by atoms with Crippen LogP contribution in [0.2, 0.25) is 0 Å². The van der Waals surface area contributed by atoms with Crippen molar-refractivity contribution in [1.82, 2.24) is 0 Å². The van der Waals surface area contributed by atoms with Gasteiger partial charge in [-0.15, -0.1) is 0 Å². The van der Waals surface area contributed by atoms with Crippen LogP contribution in [0.25, 0.3) is 0 Å². The maximum atomic E-state index is 5.22. The first-order valence-electron chi connectivity index (χ1n) is 7.86. The van der Waals surface area contributed by atoms with Crippen LogP contribution in [0.3, 0.4) is 0 Å². The van der Waals surface area contributed by atoms with Gasteiger partial charge in [0.2, 0.25) is 0 Å². The average molecular weight is 282 g/mol. The lowest BCUT2D eigenvalue weighted by atomic mass is 9.91. The first-order chi connectivity index (χ1) is 10.1. The summed E-state index contributed by atoms with van der Waals surface area (Å²) in [4.78, 5) is 0. The minimum Gasteiger partial charge on any atom is -0.497 e. The molecule has 0 aliphatic heterocycles. The third-order valence-corrected chi connectivity index (χ3v) is 4.36. The number of hydrogen-bond donors (Lipinski definition) is 0. The zero-order valence-corrected chi connectivity index (χ0v) is 13.6. The molecule has 2 rings (SSSR count). The van der Waals surface area contributed by atoms with Gasteiger partial charge in [-0.1, -0.05) is 57.2 Å². The molecule has 0 amide bonds. The Morgan fingerprint density at radius 2 is 1.62 bits per heavy atom. The summed E-state index contributed by atoms with van der Waals surface area (Å²) < 4.78 is 5.22. The Labute approximate surface area is 129 Å². The number of benzene rings is 2. The van der Waals surface area contributed by atoms with Crippen LogP contribution in [0.4, 0.5) is 0 Å². The summed E-state index contributed by atoms with van der Waals surface area (Å²) in [5, 5.41) is 0. The Balaban J connectivity index is 2.09. The van der Waals surface area contributed by atoms with Crippen molar-refractivity contribution < 1.29 is 4.74 Å². The largest absolute Gasteiger partial charge is 0.497 e. The number of methoxy groups -OCH3 is 1. The summed E-state index contributed by atoms with van der Waals surface area (Å²) >= 11 is 0. The fourth-order valence-electron chi connectivity index (χ4n) is 2.67. The summed E-state index contributed by atoms with van der Waals surface area (Å²) in [6.07, 6.45) is 2.27. The molecule has 0 N–H and O–H groups in total. The van der Waals surface area contributed by atoms with Crippen LogP contribution in [0, 0.1) is 0 Å². The molecule has 112 valence electrons. The van der Waals surface area contributed by atoms with Gasteiger partial charge in [0.25, 0.3) is 0 Å². The third kappa shape index (κ3) is 4.10. The van der Waals surface area contributed by atoms with E-state index < -0.39 is 0 Å². The highest BCUT2D eigenvalue weighted by Gasteiger charge is 2.09. The van der Waals surface area contributed by atoms with E-state index in [0.717, 1.165) is 12.2 Å². The van der Waals surface area contributed by atoms with E-state index in [0.29, 0.717) is 11.8 Å². The van der Waals surface area contributed by atoms with Gasteiger partial charge in [-0.3, -0.25) is 0 Å². The molecule has 0 aromatic heterocycles. The van der Waals surface area contributed by atoms with E-state index in [1.54, 1.807) is 7.11 Å². The molecular formula is C20H26O. The van der Waals surface area contributed by atoms with Crippen LogP contribution in [0.5, 0.6) is 5.75 Å². The van der Waals surface area contributed by atoms with Gasteiger partial charge >= 0.3 is 0 Å². The molecule has 2 aromatic rings. The molecular weight excluding hydrogens is 256 g/mol. The molecule has 0 radical (unpaired) electrons. The van der Waals surface area contributed by atoms with Crippen molar-refractivity contribution in [2.24, 2.45) is 0 Å². The predicted molar refractivity (Wildman–Crippen MR) is 90.3 cm³/mol. The lowest BCUT2D eigenvalue weighted by Crippen LogP contribution is -2.00. The molecule has 0 saturated heterocycles. The molecule has 2 aromatic carbocycles. The molecule has 1 nitrogen and oxygen atoms in total. The molecule has 0 aliphatic rings. The van der Waals surface area contributed by atoms with Crippen LogP contribution in [-0.4, -0.2) is 7.11 Å². The Bertz CT molecular complexity index is 556. The smallest absolute Gasteiger partial charge is 0.118 e. The predicted octanol–water partition coefficient (Wildman–Crippen LogP) is 5.55. The fourth-order valence-corrected chi connectivity index (χ4v) is 2.67. The summed E-state index contributed by atoms with van der Waals surface area (Å²) in [6, 6.07) is 17.5. The molecule has 0 aliphatic carbocycles. The van der Waals surface area contributed by atoms with E-state index in [1.807, 2.05) is 12.1 Å². The van der Waals surface area contributed by atoms with Gasteiger partial charge in [-0.05, 0) is 53.5 Å². The Morgan fingerprint density at radius 3 is 2.24 bits per heavy atom. The van der Waals surface area contributed by atoms with E-state index >= 15 is 0 Å². The van der Waals surface area contributed by atoms with Crippen LogP contribution < -0.4 is 4.74 Å². The van der Waals surface area contributed by atoms with Crippen molar-refractivity contribution in [3.63, 3.8) is 0 Å². The lowest BCUT2D eigenvalue weighted by Gasteiger charge is -2.15. The molecule has 1 unspecified atom stereocenters. The van der Waals surface area contributed by atoms with E-state index in [9.17, 15) is 0 Å². The minimum atomic E-state index is 0.517. The monoisotopic (exact) mass is 282 g/mol. The van der Waals surface area contributed by atoms with Gasteiger partial charge in [-0.25, -0.2) is 0 Å². The maximum absolute atomic E-state index is 5.22. The topological polar surface area (TPSA) is 9.23 Å². The fraction of sp³-hybridized carbons (Fsp3) is 0.400. The highest BCUT2D eigenvalue weighted by Crippen LogP contribution is 2.25. The van der Waals surface area contributed by atoms with Gasteiger partial charge < -0.3 is 4.74 Å². The average Bonchev–Trinajstić information content (AvgIpc) is 2.54. The Hall–Kier alpha value is -1.76. The van der Waals surface area contributed by atoms with Crippen molar-refractivity contribution in [3.8, 4) is 5.75 Å². The van der Waals surface area contributed by atoms with E-state index in [1.165, 1.54) is 23.1 Å². The molecule has 2 atom stereocenters. The summed E-state index contributed by atoms with van der Waals surface area (Å²) in [6.45, 7) is 6.83. The molecule has 0 saturated carbocycles. The first kappa shape index (κ1) is 15.6. The Morgan fingerprint density at radius 1 is 0.905 bits per heavy atom. The van der Waals surface area contributed by atoms with Crippen molar-refractivity contribution >= 4 is 0 Å². The molecule has 0 spiro atoms. The highest BCUT2D eigenvalue weighted by atomic mass is 16.5. The standard InChI is InChI=1S/C20H26O/c1-5-15(2)19-8-6-7-17(14-19)13-16(3)18-9-11-20(21-4)12-10-18/h6-12,14-16H,5,13H2,1-4H3/t15-,16?/m1/s1. The quantitative estimate of drug-likeness (QED) is 0.674. The molecule has 0 heterocycles. The second-order valence-electron chi connectivity index (χ2n) is 5.93. The molecule has 0 fully saturated rings. The first-order valence-corrected chi connectivity index (χ1v) is 7.86. The normalized spacial score (nSPS) is 13.7. The minimum absolute atomic E-state index is 0.517. The molecule has 0 bridgehead atoms. The summed E-state index contributed by atoms with van der Waals surface area (Å²) in [7, 11) is 1.71. The maximum Gasteiger partial charge on any atom is 0.118 e. The molecule has 21 heavy (non-hydrogen) atoms. The number of rotatable bonds is 6. The summed E-state index contributed by atoms with van der Waals surface area (Å²) in [5.41, 5.74) is 4.25. The van der Waals surface area contributed by atoms with Crippen LogP contribution in [0.15, 0.2) is 48.5 Å². The van der Waals surface area contributed by atoms with Crippen molar-refractivity contribution in [3.05, 3.63) is 65.2 Å². The van der Waals surface area contributed by atoms with Gasteiger partial charge in [0.05, 0.1) is 7.11 Å².